The molecule has 0 bridgehead atoms. The second kappa shape index (κ2) is 6.18. The van der Waals surface area contributed by atoms with Crippen LogP contribution in [-0.4, -0.2) is 35.1 Å². The third-order valence-corrected chi connectivity index (χ3v) is 5.43. The van der Waals surface area contributed by atoms with Crippen molar-refractivity contribution >= 4 is 28.3 Å². The number of rotatable bonds is 3. The average Bonchev–Trinajstić information content (AvgIpc) is 3.29. The van der Waals surface area contributed by atoms with Gasteiger partial charge < -0.3 is 15.0 Å². The van der Waals surface area contributed by atoms with Gasteiger partial charge in [-0.3, -0.25) is 9.69 Å². The predicted molar refractivity (Wildman–Crippen MR) is 112 cm³/mol. The average molecular weight is 383 g/mol. The van der Waals surface area contributed by atoms with Crippen molar-refractivity contribution in [1.82, 2.24) is 9.97 Å². The maximum atomic E-state index is 13.4. The number of fused-ring (bicyclic) bond motifs is 2. The van der Waals surface area contributed by atoms with Gasteiger partial charge in [-0.05, 0) is 36.4 Å². The number of aromatic amines is 1. The third kappa shape index (κ3) is 2.46. The molecule has 143 valence electrons. The van der Waals surface area contributed by atoms with Gasteiger partial charge in [0.25, 0.3) is 5.91 Å². The molecule has 6 nitrogen and oxygen atoms in total. The number of nitrogens with one attached hydrogen (secondary N) is 1. The number of amides is 1. The Morgan fingerprint density at radius 3 is 2.72 bits per heavy atom. The zero-order valence-corrected chi connectivity index (χ0v) is 16.0. The molecular formula is C23H19N4O2. The Labute approximate surface area is 168 Å². The molecule has 0 saturated carbocycles. The van der Waals surface area contributed by atoms with Crippen molar-refractivity contribution in [1.29, 1.82) is 0 Å². The molecule has 2 heterocycles. The Kier molecular flexibility index (Phi) is 3.72. The molecule has 1 aliphatic rings. The minimum atomic E-state index is -1.65. The molecule has 2 N–H and O–H groups in total. The number of hydrogen-bond acceptors (Lipinski definition) is 4. The maximum absolute atomic E-state index is 13.4. The van der Waals surface area contributed by atoms with Gasteiger partial charge in [-0.1, -0.05) is 30.3 Å². The van der Waals surface area contributed by atoms with Crippen molar-refractivity contribution in [3.05, 3.63) is 89.7 Å². The van der Waals surface area contributed by atoms with Gasteiger partial charge in [0, 0.05) is 42.2 Å². The summed E-state index contributed by atoms with van der Waals surface area (Å²) in [6.07, 6.45) is 2.72. The van der Waals surface area contributed by atoms with E-state index in [4.69, 9.17) is 0 Å². The third-order valence-electron chi connectivity index (χ3n) is 5.43. The lowest BCUT2D eigenvalue weighted by Crippen LogP contribution is -2.45. The maximum Gasteiger partial charge on any atom is 0.261 e. The summed E-state index contributed by atoms with van der Waals surface area (Å²) < 4.78 is 0. The molecule has 6 heteroatoms. The summed E-state index contributed by atoms with van der Waals surface area (Å²) in [5.74, 6) is -0.243. The smallest absolute Gasteiger partial charge is 0.261 e. The van der Waals surface area contributed by atoms with Crippen LogP contribution in [0.4, 0.5) is 11.4 Å². The van der Waals surface area contributed by atoms with E-state index < -0.39 is 5.72 Å². The summed E-state index contributed by atoms with van der Waals surface area (Å²) in [6.45, 7) is 0. The summed E-state index contributed by atoms with van der Waals surface area (Å²) in [5, 5.41) is 12.1. The van der Waals surface area contributed by atoms with E-state index in [0.717, 1.165) is 11.2 Å². The lowest BCUT2D eigenvalue weighted by atomic mass is 9.93. The second-order valence-electron chi connectivity index (χ2n) is 7.35. The van der Waals surface area contributed by atoms with Crippen molar-refractivity contribution in [3.8, 4) is 0 Å². The normalized spacial score (nSPS) is 18.3. The highest BCUT2D eigenvalue weighted by atomic mass is 16.3. The van der Waals surface area contributed by atoms with Gasteiger partial charge in [0.05, 0.1) is 11.0 Å². The number of imidazole rings is 1. The van der Waals surface area contributed by atoms with Crippen molar-refractivity contribution in [2.24, 2.45) is 0 Å². The lowest BCUT2D eigenvalue weighted by Gasteiger charge is -2.35. The van der Waals surface area contributed by atoms with E-state index in [2.05, 4.69) is 16.3 Å². The SMILES string of the molecule is CN(C)c1cccc(N2C(=O)c3ccccc3C2(O)c2ccc3[nH][c]nc3c2)c1. The molecule has 1 unspecified atom stereocenters. The van der Waals surface area contributed by atoms with Crippen LogP contribution in [-0.2, 0) is 5.72 Å². The van der Waals surface area contributed by atoms with Crippen molar-refractivity contribution in [2.45, 2.75) is 5.72 Å². The topological polar surface area (TPSA) is 72.5 Å². The molecule has 0 spiro atoms. The quantitative estimate of drug-likeness (QED) is 0.570. The van der Waals surface area contributed by atoms with Crippen molar-refractivity contribution in [2.75, 3.05) is 23.9 Å². The largest absolute Gasteiger partial charge is 0.378 e. The molecule has 1 aliphatic heterocycles. The summed E-state index contributed by atoms with van der Waals surface area (Å²) in [6, 6.07) is 20.2. The molecule has 3 aromatic carbocycles. The van der Waals surface area contributed by atoms with Gasteiger partial charge in [0.15, 0.2) is 12.1 Å². The van der Waals surface area contributed by atoms with Gasteiger partial charge in [0.1, 0.15) is 0 Å². The molecule has 0 aliphatic carbocycles. The van der Waals surface area contributed by atoms with Crippen LogP contribution in [0.1, 0.15) is 21.5 Å². The highest BCUT2D eigenvalue weighted by molar-refractivity contribution is 6.12. The van der Waals surface area contributed by atoms with E-state index in [9.17, 15) is 9.90 Å². The van der Waals surface area contributed by atoms with Crippen LogP contribution in [0.5, 0.6) is 0 Å². The van der Waals surface area contributed by atoms with Crippen LogP contribution in [0.25, 0.3) is 11.0 Å². The van der Waals surface area contributed by atoms with Crippen molar-refractivity contribution in [3.63, 3.8) is 0 Å². The van der Waals surface area contributed by atoms with Crippen LogP contribution in [0.2, 0.25) is 0 Å². The Balaban J connectivity index is 1.77. The monoisotopic (exact) mass is 383 g/mol. The Morgan fingerprint density at radius 1 is 1.07 bits per heavy atom. The van der Waals surface area contributed by atoms with E-state index in [1.165, 1.54) is 4.90 Å². The zero-order chi connectivity index (χ0) is 20.2. The summed E-state index contributed by atoms with van der Waals surface area (Å²) in [7, 11) is 3.88. The van der Waals surface area contributed by atoms with Gasteiger partial charge in [-0.15, -0.1) is 0 Å². The number of benzene rings is 3. The molecule has 5 rings (SSSR count). The van der Waals surface area contributed by atoms with E-state index in [1.807, 2.05) is 67.5 Å². The Bertz CT molecular complexity index is 1250. The number of H-pyrrole nitrogens is 1. The molecule has 1 aromatic heterocycles. The predicted octanol–water partition coefficient (Wildman–Crippen LogP) is 3.28. The van der Waals surface area contributed by atoms with Gasteiger partial charge in [0.2, 0.25) is 0 Å². The first-order valence-electron chi connectivity index (χ1n) is 9.30. The number of aliphatic hydroxyl groups is 1. The number of carbonyl (C=O) groups is 1. The van der Waals surface area contributed by atoms with E-state index >= 15 is 0 Å². The molecule has 1 atom stereocenters. The van der Waals surface area contributed by atoms with E-state index in [-0.39, 0.29) is 5.91 Å². The minimum Gasteiger partial charge on any atom is -0.378 e. The highest BCUT2D eigenvalue weighted by Gasteiger charge is 2.50. The number of nitrogens with zero attached hydrogens (tertiary/aromatic N) is 3. The van der Waals surface area contributed by atoms with Crippen LogP contribution in [0, 0.1) is 6.33 Å². The van der Waals surface area contributed by atoms with Gasteiger partial charge in [-0.25, -0.2) is 4.98 Å². The first-order valence-corrected chi connectivity index (χ1v) is 9.30. The van der Waals surface area contributed by atoms with Crippen LogP contribution < -0.4 is 9.80 Å². The zero-order valence-electron chi connectivity index (χ0n) is 16.0. The fraction of sp³-hybridized carbons (Fsp3) is 0.130. The number of hydrogen-bond donors (Lipinski definition) is 2. The highest BCUT2D eigenvalue weighted by Crippen LogP contribution is 2.45. The van der Waals surface area contributed by atoms with Crippen molar-refractivity contribution < 1.29 is 9.90 Å². The molecular weight excluding hydrogens is 364 g/mol. The number of carbonyl (C=O) groups excluding carboxylic acids is 1. The van der Waals surface area contributed by atoms with Crippen LogP contribution in [0.15, 0.2) is 66.7 Å². The van der Waals surface area contributed by atoms with Crippen LogP contribution in [0.3, 0.4) is 0 Å². The molecule has 4 aromatic rings. The summed E-state index contributed by atoms with van der Waals surface area (Å²) in [4.78, 5) is 24.0. The molecule has 0 fully saturated rings. The Morgan fingerprint density at radius 2 is 1.90 bits per heavy atom. The van der Waals surface area contributed by atoms with Crippen LogP contribution >= 0.6 is 0 Å². The van der Waals surface area contributed by atoms with E-state index in [1.54, 1.807) is 18.2 Å². The summed E-state index contributed by atoms with van der Waals surface area (Å²) >= 11 is 0. The molecule has 1 amide bonds. The first-order chi connectivity index (χ1) is 14.0. The van der Waals surface area contributed by atoms with E-state index in [0.29, 0.717) is 27.9 Å². The minimum absolute atomic E-state index is 0.243. The number of anilines is 2. The van der Waals surface area contributed by atoms with Gasteiger partial charge in [-0.2, -0.15) is 0 Å². The first kappa shape index (κ1) is 17.5. The fourth-order valence-corrected chi connectivity index (χ4v) is 3.96. The molecule has 1 radical (unpaired) electrons. The Hall–Kier alpha value is -3.64. The molecule has 29 heavy (non-hydrogen) atoms. The van der Waals surface area contributed by atoms with Gasteiger partial charge >= 0.3 is 0 Å². The summed E-state index contributed by atoms with van der Waals surface area (Å²) in [5.41, 5.74) is 3.01. The second-order valence-corrected chi connectivity index (χ2v) is 7.35. The fourth-order valence-electron chi connectivity index (χ4n) is 3.96. The molecule has 0 saturated heterocycles. The number of aromatic nitrogens is 2. The lowest BCUT2D eigenvalue weighted by molar-refractivity contribution is 0.0704. The standard InChI is InChI=1S/C23H19N4O2/c1-26(2)16-6-5-7-17(13-16)27-22(28)18-8-3-4-9-19(18)23(27,29)15-10-11-20-21(12-15)25-14-24-20/h3-13,29H,1-2H3,(H,24,25).